The van der Waals surface area contributed by atoms with Crippen LogP contribution in [-0.2, 0) is 0 Å². The van der Waals surface area contributed by atoms with Gasteiger partial charge in [-0.1, -0.05) is 78.6 Å². The van der Waals surface area contributed by atoms with E-state index in [4.69, 9.17) is 4.74 Å². The van der Waals surface area contributed by atoms with Crippen molar-refractivity contribution >= 4 is 11.4 Å². The fourth-order valence-electron chi connectivity index (χ4n) is 3.44. The lowest BCUT2D eigenvalue weighted by Crippen LogP contribution is -2.25. The van der Waals surface area contributed by atoms with Gasteiger partial charge in [-0.15, -0.1) is 0 Å². The average Bonchev–Trinajstić information content (AvgIpc) is 2.72. The van der Waals surface area contributed by atoms with E-state index in [0.29, 0.717) is 18.0 Å². The van der Waals surface area contributed by atoms with Crippen LogP contribution in [0.15, 0.2) is 18.2 Å². The maximum atomic E-state index is 9.32. The van der Waals surface area contributed by atoms with Crippen molar-refractivity contribution in [1.29, 1.82) is 5.39 Å². The lowest BCUT2D eigenvalue weighted by atomic mass is 10.1. The van der Waals surface area contributed by atoms with Crippen molar-refractivity contribution in [1.82, 2.24) is 0 Å². The fourth-order valence-corrected chi connectivity index (χ4v) is 3.44. The van der Waals surface area contributed by atoms with Gasteiger partial charge in [-0.05, 0) is 25.3 Å². The Balaban J connectivity index is 2.76. The smallest absolute Gasteiger partial charge is 0.426 e. The first-order chi connectivity index (χ1) is 13.8. The maximum absolute atomic E-state index is 9.32. The number of unbranched alkanes of at least 4 members (excludes halogenated alkanes) is 9. The van der Waals surface area contributed by atoms with Gasteiger partial charge < -0.3 is 9.64 Å². The van der Waals surface area contributed by atoms with Crippen LogP contribution in [0, 0.1) is 5.39 Å². The summed E-state index contributed by atoms with van der Waals surface area (Å²) in [5.41, 5.74) is 1.71. The molecule has 0 spiro atoms. The molecule has 0 fully saturated rings. The molecule has 0 saturated heterocycles. The number of diazo groups is 1. The Hall–Kier alpha value is -1.76. The normalized spacial score (nSPS) is 10.6. The molecule has 0 aliphatic rings. The second-order valence-corrected chi connectivity index (χ2v) is 7.77. The molecule has 0 aliphatic heterocycles. The topological polar surface area (TPSA) is 40.6 Å². The van der Waals surface area contributed by atoms with Crippen molar-refractivity contribution in [3.8, 4) is 5.75 Å². The van der Waals surface area contributed by atoms with Gasteiger partial charge in [-0.2, -0.15) is 0 Å². The van der Waals surface area contributed by atoms with E-state index in [2.05, 4.69) is 42.8 Å². The minimum atomic E-state index is 0.524. The minimum Gasteiger partial charge on any atom is -0.486 e. The molecule has 0 unspecified atom stereocenters. The molecular formula is C24H42N3O+. The summed E-state index contributed by atoms with van der Waals surface area (Å²) in [6.45, 7) is 9.56. The van der Waals surface area contributed by atoms with E-state index >= 15 is 0 Å². The second kappa shape index (κ2) is 16.2. The maximum Gasteiger partial charge on any atom is 0.426 e. The summed E-state index contributed by atoms with van der Waals surface area (Å²) in [5.74, 6) is 0.698. The van der Waals surface area contributed by atoms with Crippen molar-refractivity contribution in [2.75, 3.05) is 24.6 Å². The number of ether oxygens (including phenoxy) is 1. The summed E-state index contributed by atoms with van der Waals surface area (Å²) in [7, 11) is 0. The molecule has 0 aromatic heterocycles. The molecule has 0 atom stereocenters. The summed E-state index contributed by atoms with van der Waals surface area (Å²) in [6.07, 6.45) is 14.8. The SMILES string of the molecule is CCCCCCOc1cc(N(CCCCCC)CCCCCC)ccc1[N+]#N. The first-order valence-electron chi connectivity index (χ1n) is 11.6. The number of nitrogens with zero attached hydrogens (tertiary/aromatic N) is 3. The zero-order valence-corrected chi connectivity index (χ0v) is 18.6. The number of anilines is 1. The summed E-state index contributed by atoms with van der Waals surface area (Å²) in [4.78, 5) is 5.90. The summed E-state index contributed by atoms with van der Waals surface area (Å²) < 4.78 is 5.97. The van der Waals surface area contributed by atoms with Crippen LogP contribution >= 0.6 is 0 Å². The van der Waals surface area contributed by atoms with Gasteiger partial charge in [0.2, 0.25) is 11.1 Å². The number of benzene rings is 1. The highest BCUT2D eigenvalue weighted by atomic mass is 16.5. The van der Waals surface area contributed by atoms with Crippen LogP contribution < -0.4 is 9.64 Å². The Kier molecular flexibility index (Phi) is 14.1. The molecule has 0 radical (unpaired) electrons. The summed E-state index contributed by atoms with van der Waals surface area (Å²) in [5, 5.41) is 9.32. The summed E-state index contributed by atoms with van der Waals surface area (Å²) in [6, 6.07) is 6.01. The van der Waals surface area contributed by atoms with Crippen LogP contribution in [0.4, 0.5) is 11.4 Å². The standard InChI is InChI=1S/C24H42N3O/c1-4-7-10-13-18-27(19-14-11-8-5-2)22-16-17-23(26-25)24(21-22)28-20-15-12-9-6-3/h16-17,21H,4-15,18-20H2,1-3H3/q+1. The Morgan fingerprint density at radius 1 is 0.786 bits per heavy atom. The minimum absolute atomic E-state index is 0.524. The first-order valence-corrected chi connectivity index (χ1v) is 11.6. The van der Waals surface area contributed by atoms with E-state index in [-0.39, 0.29) is 0 Å². The number of hydrogen-bond acceptors (Lipinski definition) is 3. The quantitative estimate of drug-likeness (QED) is 0.200. The van der Waals surface area contributed by atoms with Gasteiger partial charge >= 0.3 is 5.69 Å². The van der Waals surface area contributed by atoms with Gasteiger partial charge in [0, 0.05) is 30.9 Å². The molecule has 0 heterocycles. The van der Waals surface area contributed by atoms with Crippen LogP contribution in [0.2, 0.25) is 0 Å². The molecule has 1 aromatic carbocycles. The van der Waals surface area contributed by atoms with Crippen molar-refractivity contribution in [2.45, 2.75) is 97.8 Å². The van der Waals surface area contributed by atoms with E-state index in [0.717, 1.165) is 19.5 Å². The summed E-state index contributed by atoms with van der Waals surface area (Å²) >= 11 is 0. The first kappa shape index (κ1) is 24.3. The zero-order chi connectivity index (χ0) is 20.5. The highest BCUT2D eigenvalue weighted by molar-refractivity contribution is 5.65. The molecule has 0 amide bonds. The average molecular weight is 389 g/mol. The molecule has 0 saturated carbocycles. The second-order valence-electron chi connectivity index (χ2n) is 7.77. The lowest BCUT2D eigenvalue weighted by molar-refractivity contribution is 0.307. The molecule has 1 aromatic rings. The van der Waals surface area contributed by atoms with Gasteiger partial charge in [0.15, 0.2) is 4.98 Å². The number of rotatable bonds is 17. The van der Waals surface area contributed by atoms with Gasteiger partial charge in [-0.3, -0.25) is 0 Å². The Morgan fingerprint density at radius 2 is 1.36 bits per heavy atom. The van der Waals surface area contributed by atoms with Crippen molar-refractivity contribution in [3.05, 3.63) is 23.2 Å². The van der Waals surface area contributed by atoms with Crippen molar-refractivity contribution < 1.29 is 4.74 Å². The van der Waals surface area contributed by atoms with Crippen LogP contribution in [0.25, 0.3) is 4.98 Å². The van der Waals surface area contributed by atoms with Gasteiger partial charge in [0.1, 0.15) is 0 Å². The van der Waals surface area contributed by atoms with E-state index in [1.54, 1.807) is 0 Å². The van der Waals surface area contributed by atoms with E-state index in [9.17, 15) is 5.39 Å². The molecule has 0 bridgehead atoms. The van der Waals surface area contributed by atoms with Crippen molar-refractivity contribution in [2.24, 2.45) is 0 Å². The predicted octanol–water partition coefficient (Wildman–Crippen LogP) is 8.10. The Bertz CT molecular complexity index is 541. The molecule has 1 rings (SSSR count). The van der Waals surface area contributed by atoms with Gasteiger partial charge in [-0.25, -0.2) is 0 Å². The lowest BCUT2D eigenvalue weighted by Gasteiger charge is -2.25. The van der Waals surface area contributed by atoms with Crippen LogP contribution in [0.1, 0.15) is 97.8 Å². The Labute approximate surface area is 173 Å². The van der Waals surface area contributed by atoms with Gasteiger partial charge in [0.05, 0.1) is 6.61 Å². The number of hydrogen-bond donors (Lipinski definition) is 0. The molecule has 0 N–H and O–H groups in total. The fraction of sp³-hybridized carbons (Fsp3) is 0.750. The molecule has 158 valence electrons. The highest BCUT2D eigenvalue weighted by Gasteiger charge is 2.18. The Morgan fingerprint density at radius 3 is 1.89 bits per heavy atom. The highest BCUT2D eigenvalue weighted by Crippen LogP contribution is 2.33. The van der Waals surface area contributed by atoms with E-state index in [1.165, 1.54) is 76.3 Å². The largest absolute Gasteiger partial charge is 0.486 e. The van der Waals surface area contributed by atoms with E-state index in [1.807, 2.05) is 6.07 Å². The van der Waals surface area contributed by atoms with Crippen LogP contribution in [0.3, 0.4) is 0 Å². The molecular weight excluding hydrogens is 346 g/mol. The zero-order valence-electron chi connectivity index (χ0n) is 18.6. The molecule has 0 aliphatic carbocycles. The monoisotopic (exact) mass is 388 g/mol. The third kappa shape index (κ3) is 9.97. The third-order valence-electron chi connectivity index (χ3n) is 5.23. The van der Waals surface area contributed by atoms with Crippen molar-refractivity contribution in [3.63, 3.8) is 0 Å². The molecule has 28 heavy (non-hydrogen) atoms. The molecule has 4 heteroatoms. The third-order valence-corrected chi connectivity index (χ3v) is 5.23. The molecule has 4 nitrogen and oxygen atoms in total. The van der Waals surface area contributed by atoms with Gasteiger partial charge in [0.25, 0.3) is 0 Å². The van der Waals surface area contributed by atoms with Crippen LogP contribution in [0.5, 0.6) is 5.75 Å². The van der Waals surface area contributed by atoms with E-state index < -0.39 is 0 Å². The predicted molar refractivity (Wildman–Crippen MR) is 121 cm³/mol. The van der Waals surface area contributed by atoms with Crippen LogP contribution in [-0.4, -0.2) is 19.7 Å².